The molecule has 0 spiro atoms. The summed E-state index contributed by atoms with van der Waals surface area (Å²) in [6, 6.07) is 34.7. The smallest absolute Gasteiger partial charge is 0.262 e. The molecule has 0 saturated carbocycles. The van der Waals surface area contributed by atoms with E-state index in [9.17, 15) is 4.79 Å². The molecular weight excluding hydrogens is 558 g/mol. The number of carbonyl (C=O) groups excluding carboxylic acids is 1. The highest BCUT2D eigenvalue weighted by Gasteiger charge is 2.42. The number of thiocarbonyl (C=S) groups is 1. The van der Waals surface area contributed by atoms with E-state index in [0.29, 0.717) is 16.5 Å². The van der Waals surface area contributed by atoms with Crippen molar-refractivity contribution in [3.05, 3.63) is 132 Å². The third-order valence-electron chi connectivity index (χ3n) is 7.38. The molecule has 1 amide bonds. The summed E-state index contributed by atoms with van der Waals surface area (Å²) in [5.74, 6) is 1.20. The number of methoxy groups -OCH3 is 1. The van der Waals surface area contributed by atoms with Crippen molar-refractivity contribution >= 4 is 34.6 Å². The first-order valence-corrected chi connectivity index (χ1v) is 14.3. The minimum absolute atomic E-state index is 0.0819. The van der Waals surface area contributed by atoms with Crippen molar-refractivity contribution in [3.8, 4) is 17.2 Å². The lowest BCUT2D eigenvalue weighted by atomic mass is 10.0. The summed E-state index contributed by atoms with van der Waals surface area (Å²) in [4.78, 5) is 19.3. The van der Waals surface area contributed by atoms with E-state index in [1.807, 2.05) is 84.9 Å². The number of hydrogen-bond donors (Lipinski definition) is 2. The molecule has 6 rings (SSSR count). The minimum atomic E-state index is -0.240. The Balaban J connectivity index is 1.30. The Bertz CT molecular complexity index is 1710. The molecule has 1 saturated heterocycles. The molecule has 1 fully saturated rings. The Hall–Kier alpha value is -5.15. The number of anilines is 2. The number of pyridine rings is 1. The Morgan fingerprint density at radius 1 is 0.884 bits per heavy atom. The van der Waals surface area contributed by atoms with Crippen molar-refractivity contribution in [2.24, 2.45) is 0 Å². The molecule has 3 aromatic carbocycles. The number of nitrogens with zero attached hydrogens (tertiary/aromatic N) is 3. The fourth-order valence-electron chi connectivity index (χ4n) is 5.37. The van der Waals surface area contributed by atoms with Crippen LogP contribution in [0.4, 0.5) is 11.4 Å². The van der Waals surface area contributed by atoms with E-state index in [-0.39, 0.29) is 24.6 Å². The number of hydrogen-bond acceptors (Lipinski definition) is 5. The first-order chi connectivity index (χ1) is 21.0. The number of aryl methyl sites for hydroxylation is 1. The Labute approximate surface area is 255 Å². The van der Waals surface area contributed by atoms with Crippen molar-refractivity contribution in [2.45, 2.75) is 19.0 Å². The molecule has 8 nitrogen and oxygen atoms in total. The molecule has 2 aromatic heterocycles. The van der Waals surface area contributed by atoms with Gasteiger partial charge >= 0.3 is 0 Å². The maximum atomic E-state index is 12.5. The first-order valence-electron chi connectivity index (χ1n) is 13.9. The summed E-state index contributed by atoms with van der Waals surface area (Å²) in [7, 11) is 1.66. The zero-order chi connectivity index (χ0) is 29.8. The second kappa shape index (κ2) is 12.4. The summed E-state index contributed by atoms with van der Waals surface area (Å²) >= 11 is 5.93. The fourth-order valence-corrected chi connectivity index (χ4v) is 5.72. The topological polar surface area (TPSA) is 80.7 Å². The summed E-state index contributed by atoms with van der Waals surface area (Å²) < 4.78 is 13.2. The molecule has 216 valence electrons. The molecule has 0 unspecified atom stereocenters. The van der Waals surface area contributed by atoms with E-state index in [1.165, 1.54) is 0 Å². The van der Waals surface area contributed by atoms with Crippen LogP contribution in [-0.4, -0.2) is 34.3 Å². The Kier molecular flexibility index (Phi) is 8.06. The standard InChI is InChI=1S/C34H31N5O3S/c1-23-11-20-30(38(23)25-16-18-27(41-2)19-17-25)33-32(29-10-6-7-21-35-29)37-34(43)39(33)26-14-12-24(13-15-26)36-31(40)22-42-28-8-4-3-5-9-28/h3-21,32-33H,22H2,1-2H3,(H,36,40)(H,37,43)/t32-,33-/m0/s1. The Morgan fingerprint density at radius 2 is 1.60 bits per heavy atom. The van der Waals surface area contributed by atoms with E-state index in [4.69, 9.17) is 21.7 Å². The van der Waals surface area contributed by atoms with Gasteiger partial charge in [0.25, 0.3) is 5.91 Å². The average Bonchev–Trinajstić information content (AvgIpc) is 3.60. The molecule has 2 atom stereocenters. The highest BCUT2D eigenvalue weighted by Crippen LogP contribution is 2.43. The van der Waals surface area contributed by atoms with Crippen LogP contribution in [-0.2, 0) is 4.79 Å². The maximum absolute atomic E-state index is 12.5. The third-order valence-corrected chi connectivity index (χ3v) is 7.69. The van der Waals surface area contributed by atoms with Crippen LogP contribution in [0.25, 0.3) is 5.69 Å². The number of carbonyl (C=O) groups is 1. The first kappa shape index (κ1) is 28.0. The van der Waals surface area contributed by atoms with Crippen LogP contribution in [0, 0.1) is 6.92 Å². The largest absolute Gasteiger partial charge is 0.497 e. The lowest BCUT2D eigenvalue weighted by Crippen LogP contribution is -2.30. The van der Waals surface area contributed by atoms with Crippen LogP contribution in [0.2, 0.25) is 0 Å². The number of amides is 1. The molecule has 43 heavy (non-hydrogen) atoms. The van der Waals surface area contributed by atoms with Gasteiger partial charge in [-0.25, -0.2) is 0 Å². The van der Waals surface area contributed by atoms with Gasteiger partial charge in [-0.3, -0.25) is 9.78 Å². The molecule has 0 radical (unpaired) electrons. The molecule has 1 aliphatic heterocycles. The minimum Gasteiger partial charge on any atom is -0.497 e. The quantitative estimate of drug-likeness (QED) is 0.193. The normalized spacial score (nSPS) is 16.0. The van der Waals surface area contributed by atoms with Crippen molar-refractivity contribution in [3.63, 3.8) is 0 Å². The molecule has 3 heterocycles. The lowest BCUT2D eigenvalue weighted by Gasteiger charge is -2.29. The average molecular weight is 590 g/mol. The van der Waals surface area contributed by atoms with Gasteiger partial charge < -0.3 is 29.6 Å². The van der Waals surface area contributed by atoms with Gasteiger partial charge in [0.1, 0.15) is 17.5 Å². The van der Waals surface area contributed by atoms with Crippen molar-refractivity contribution in [1.29, 1.82) is 0 Å². The predicted octanol–water partition coefficient (Wildman–Crippen LogP) is 6.38. The number of rotatable bonds is 9. The SMILES string of the molecule is COc1ccc(-n2c(C)ccc2[C@H]2[C@H](c3ccccn3)NC(=S)N2c2ccc(NC(=O)COc3ccccc3)cc2)cc1. The van der Waals surface area contributed by atoms with E-state index in [1.54, 1.807) is 13.3 Å². The second-order valence-corrected chi connectivity index (χ2v) is 10.5. The van der Waals surface area contributed by atoms with E-state index < -0.39 is 0 Å². The van der Waals surface area contributed by atoms with Crippen molar-refractivity contribution in [1.82, 2.24) is 14.9 Å². The zero-order valence-corrected chi connectivity index (χ0v) is 24.6. The van der Waals surface area contributed by atoms with Gasteiger partial charge in [0.2, 0.25) is 0 Å². The summed E-state index contributed by atoms with van der Waals surface area (Å²) in [6.07, 6.45) is 1.80. The number of benzene rings is 3. The van der Waals surface area contributed by atoms with Gasteiger partial charge in [-0.05, 0) is 104 Å². The number of para-hydroxylation sites is 1. The van der Waals surface area contributed by atoms with Crippen LogP contribution >= 0.6 is 12.2 Å². The summed E-state index contributed by atoms with van der Waals surface area (Å²) in [5, 5.41) is 7.03. The van der Waals surface area contributed by atoms with Gasteiger partial charge in [-0.15, -0.1) is 0 Å². The molecule has 5 aromatic rings. The van der Waals surface area contributed by atoms with Crippen LogP contribution in [0.3, 0.4) is 0 Å². The van der Waals surface area contributed by atoms with Crippen LogP contribution < -0.4 is 25.0 Å². The molecule has 0 bridgehead atoms. The van der Waals surface area contributed by atoms with Gasteiger partial charge in [-0.2, -0.15) is 0 Å². The van der Waals surface area contributed by atoms with Gasteiger partial charge in [0.15, 0.2) is 11.7 Å². The predicted molar refractivity (Wildman–Crippen MR) is 172 cm³/mol. The maximum Gasteiger partial charge on any atom is 0.262 e. The van der Waals surface area contributed by atoms with Crippen LogP contribution in [0.5, 0.6) is 11.5 Å². The lowest BCUT2D eigenvalue weighted by molar-refractivity contribution is -0.118. The van der Waals surface area contributed by atoms with E-state index >= 15 is 0 Å². The molecule has 2 N–H and O–H groups in total. The summed E-state index contributed by atoms with van der Waals surface area (Å²) in [6.45, 7) is 2.01. The fraction of sp³-hybridized carbons (Fsp3) is 0.147. The second-order valence-electron chi connectivity index (χ2n) is 10.1. The Morgan fingerprint density at radius 3 is 2.30 bits per heavy atom. The van der Waals surface area contributed by atoms with Crippen LogP contribution in [0.15, 0.2) is 115 Å². The molecule has 1 aliphatic rings. The number of ether oxygens (including phenoxy) is 2. The highest BCUT2D eigenvalue weighted by molar-refractivity contribution is 7.80. The number of nitrogens with one attached hydrogen (secondary N) is 2. The van der Waals surface area contributed by atoms with Gasteiger partial charge in [-0.1, -0.05) is 24.3 Å². The molecule has 0 aliphatic carbocycles. The van der Waals surface area contributed by atoms with Gasteiger partial charge in [0, 0.05) is 34.6 Å². The number of aromatic nitrogens is 2. The van der Waals surface area contributed by atoms with E-state index in [0.717, 1.165) is 34.2 Å². The summed E-state index contributed by atoms with van der Waals surface area (Å²) in [5.41, 5.74) is 5.61. The molecule has 9 heteroatoms. The van der Waals surface area contributed by atoms with E-state index in [2.05, 4.69) is 56.3 Å². The third kappa shape index (κ3) is 5.93. The monoisotopic (exact) mass is 589 g/mol. The van der Waals surface area contributed by atoms with Crippen molar-refractivity contribution in [2.75, 3.05) is 23.9 Å². The molecular formula is C34H31N5O3S. The van der Waals surface area contributed by atoms with Crippen molar-refractivity contribution < 1.29 is 14.3 Å². The van der Waals surface area contributed by atoms with Gasteiger partial charge in [0.05, 0.1) is 18.8 Å². The van der Waals surface area contributed by atoms with Crippen LogP contribution in [0.1, 0.15) is 29.2 Å². The zero-order valence-electron chi connectivity index (χ0n) is 23.8. The highest BCUT2D eigenvalue weighted by atomic mass is 32.1.